The predicted molar refractivity (Wildman–Crippen MR) is 80.9 cm³/mol. The summed E-state index contributed by atoms with van der Waals surface area (Å²) in [4.78, 5) is 14.1. The van der Waals surface area contributed by atoms with Gasteiger partial charge in [0, 0.05) is 25.5 Å². The monoisotopic (exact) mass is 280 g/mol. The largest absolute Gasteiger partial charge is 0.380 e. The minimum absolute atomic E-state index is 0.287. The van der Waals surface area contributed by atoms with Gasteiger partial charge in [-0.15, -0.1) is 0 Å². The smallest absolute Gasteiger partial charge is 0.256 e. The molecule has 0 aliphatic carbocycles. The fourth-order valence-corrected chi connectivity index (χ4v) is 3.19. The van der Waals surface area contributed by atoms with Crippen LogP contribution in [0.15, 0.2) is 24.3 Å². The summed E-state index contributed by atoms with van der Waals surface area (Å²) in [7, 11) is 3.94. The lowest BCUT2D eigenvalue weighted by Crippen LogP contribution is -2.45. The summed E-state index contributed by atoms with van der Waals surface area (Å²) in [6.07, 6.45) is 1.05. The second-order valence-electron chi connectivity index (χ2n) is 5.04. The maximum Gasteiger partial charge on any atom is 0.256 e. The van der Waals surface area contributed by atoms with Gasteiger partial charge in [-0.3, -0.25) is 4.79 Å². The summed E-state index contributed by atoms with van der Waals surface area (Å²) in [6.45, 7) is 0. The molecule has 0 spiro atoms. The number of anilines is 2. The van der Waals surface area contributed by atoms with E-state index in [1.54, 1.807) is 11.8 Å². The van der Waals surface area contributed by atoms with E-state index in [9.17, 15) is 9.90 Å². The van der Waals surface area contributed by atoms with Gasteiger partial charge in [0.05, 0.1) is 0 Å². The molecule has 0 aromatic heterocycles. The first-order valence-corrected chi connectivity index (χ1v) is 7.56. The van der Waals surface area contributed by atoms with Crippen LogP contribution in [-0.2, 0) is 4.79 Å². The van der Waals surface area contributed by atoms with Crippen molar-refractivity contribution in [2.75, 3.05) is 35.8 Å². The maximum absolute atomic E-state index is 12.1. The van der Waals surface area contributed by atoms with Gasteiger partial charge in [0.25, 0.3) is 5.91 Å². The number of thioether (sulfide) groups is 1. The van der Waals surface area contributed by atoms with Crippen molar-refractivity contribution in [2.45, 2.75) is 18.4 Å². The van der Waals surface area contributed by atoms with Crippen LogP contribution in [0, 0.1) is 0 Å². The highest BCUT2D eigenvalue weighted by atomic mass is 32.2. The Bertz CT molecular complexity index is 439. The average molecular weight is 280 g/mol. The van der Waals surface area contributed by atoms with Crippen LogP contribution >= 0.6 is 11.8 Å². The number of carbonyl (C=O) groups excluding carboxylic acids is 1. The number of nitrogens with one attached hydrogen (secondary N) is 1. The lowest BCUT2D eigenvalue weighted by atomic mass is 9.95. The summed E-state index contributed by atoms with van der Waals surface area (Å²) in [5.41, 5.74) is 0.596. The van der Waals surface area contributed by atoms with Gasteiger partial charge in [-0.1, -0.05) is 0 Å². The van der Waals surface area contributed by atoms with Crippen LogP contribution in [0.2, 0.25) is 0 Å². The Morgan fingerprint density at radius 2 is 1.84 bits per heavy atom. The molecular formula is C14H20N2O2S. The van der Waals surface area contributed by atoms with E-state index in [2.05, 4.69) is 5.32 Å². The Morgan fingerprint density at radius 3 is 2.37 bits per heavy atom. The summed E-state index contributed by atoms with van der Waals surface area (Å²) < 4.78 is 0. The second-order valence-corrected chi connectivity index (χ2v) is 6.26. The van der Waals surface area contributed by atoms with Gasteiger partial charge in [-0.05, 0) is 48.6 Å². The molecule has 0 radical (unpaired) electrons. The third kappa shape index (κ3) is 3.42. The third-order valence-corrected chi connectivity index (χ3v) is 4.37. The summed E-state index contributed by atoms with van der Waals surface area (Å²) >= 11 is 1.78. The van der Waals surface area contributed by atoms with Gasteiger partial charge in [0.15, 0.2) is 0 Å². The normalized spacial score (nSPS) is 17.8. The van der Waals surface area contributed by atoms with Crippen molar-refractivity contribution in [3.8, 4) is 0 Å². The fourth-order valence-electron chi connectivity index (χ4n) is 2.03. The summed E-state index contributed by atoms with van der Waals surface area (Å²) in [5.74, 6) is 1.39. The van der Waals surface area contributed by atoms with Gasteiger partial charge in [-0.2, -0.15) is 11.8 Å². The molecule has 1 aromatic carbocycles. The summed E-state index contributed by atoms with van der Waals surface area (Å²) in [5, 5.41) is 13.1. The van der Waals surface area contributed by atoms with Gasteiger partial charge >= 0.3 is 0 Å². The van der Waals surface area contributed by atoms with Crippen LogP contribution in [0.1, 0.15) is 12.8 Å². The minimum Gasteiger partial charge on any atom is -0.380 e. The van der Waals surface area contributed by atoms with E-state index in [1.807, 2.05) is 43.3 Å². The van der Waals surface area contributed by atoms with E-state index >= 15 is 0 Å². The highest BCUT2D eigenvalue weighted by molar-refractivity contribution is 7.99. The minimum atomic E-state index is -1.20. The molecule has 2 rings (SSSR count). The highest BCUT2D eigenvalue weighted by Crippen LogP contribution is 2.28. The van der Waals surface area contributed by atoms with Crippen molar-refractivity contribution in [2.24, 2.45) is 0 Å². The van der Waals surface area contributed by atoms with Crippen LogP contribution in [0.5, 0.6) is 0 Å². The SMILES string of the molecule is CN(C)c1ccc(NC(=O)C2(O)CCSCC2)cc1. The fraction of sp³-hybridized carbons (Fsp3) is 0.500. The quantitative estimate of drug-likeness (QED) is 0.888. The lowest BCUT2D eigenvalue weighted by molar-refractivity contribution is -0.134. The molecule has 1 heterocycles. The van der Waals surface area contributed by atoms with Crippen LogP contribution in [0.3, 0.4) is 0 Å². The molecule has 0 unspecified atom stereocenters. The number of aliphatic hydroxyl groups is 1. The van der Waals surface area contributed by atoms with Crippen LogP contribution in [-0.4, -0.2) is 42.2 Å². The number of hydrogen-bond acceptors (Lipinski definition) is 4. The molecule has 5 heteroatoms. The number of carbonyl (C=O) groups is 1. The number of hydrogen-bond donors (Lipinski definition) is 2. The van der Waals surface area contributed by atoms with Crippen molar-refractivity contribution in [3.63, 3.8) is 0 Å². The van der Waals surface area contributed by atoms with Crippen molar-refractivity contribution in [3.05, 3.63) is 24.3 Å². The first-order valence-electron chi connectivity index (χ1n) is 6.40. The first kappa shape index (κ1) is 14.2. The molecule has 0 bridgehead atoms. The number of benzene rings is 1. The molecule has 1 saturated heterocycles. The van der Waals surface area contributed by atoms with E-state index in [0.29, 0.717) is 12.8 Å². The van der Waals surface area contributed by atoms with Crippen LogP contribution < -0.4 is 10.2 Å². The Balaban J connectivity index is 2.02. The summed E-state index contributed by atoms with van der Waals surface area (Å²) in [6, 6.07) is 7.59. The predicted octanol–water partition coefficient (Wildman–Crippen LogP) is 1.95. The highest BCUT2D eigenvalue weighted by Gasteiger charge is 2.37. The van der Waals surface area contributed by atoms with Crippen molar-refractivity contribution in [1.82, 2.24) is 0 Å². The van der Waals surface area contributed by atoms with Crippen LogP contribution in [0.25, 0.3) is 0 Å². The zero-order valence-corrected chi connectivity index (χ0v) is 12.2. The molecule has 19 heavy (non-hydrogen) atoms. The lowest BCUT2D eigenvalue weighted by Gasteiger charge is -2.30. The number of amides is 1. The van der Waals surface area contributed by atoms with Crippen molar-refractivity contribution >= 4 is 29.0 Å². The Morgan fingerprint density at radius 1 is 1.26 bits per heavy atom. The molecule has 0 atom stereocenters. The second kappa shape index (κ2) is 5.84. The van der Waals surface area contributed by atoms with E-state index < -0.39 is 5.60 Å². The Hall–Kier alpha value is -1.20. The molecule has 104 valence electrons. The molecule has 1 aliphatic heterocycles. The average Bonchev–Trinajstić information content (AvgIpc) is 2.40. The number of rotatable bonds is 3. The van der Waals surface area contributed by atoms with E-state index in [1.165, 1.54) is 0 Å². The van der Waals surface area contributed by atoms with E-state index in [-0.39, 0.29) is 5.91 Å². The van der Waals surface area contributed by atoms with E-state index in [0.717, 1.165) is 22.9 Å². The molecular weight excluding hydrogens is 260 g/mol. The number of nitrogens with zero attached hydrogens (tertiary/aromatic N) is 1. The maximum atomic E-state index is 12.1. The van der Waals surface area contributed by atoms with Gasteiger partial charge in [0.2, 0.25) is 0 Å². The molecule has 1 aromatic rings. The zero-order chi connectivity index (χ0) is 13.9. The Kier molecular flexibility index (Phi) is 4.37. The van der Waals surface area contributed by atoms with Gasteiger partial charge in [-0.25, -0.2) is 0 Å². The van der Waals surface area contributed by atoms with Gasteiger partial charge < -0.3 is 15.3 Å². The zero-order valence-electron chi connectivity index (χ0n) is 11.3. The molecule has 1 fully saturated rings. The molecule has 0 saturated carbocycles. The van der Waals surface area contributed by atoms with Crippen LogP contribution in [0.4, 0.5) is 11.4 Å². The third-order valence-electron chi connectivity index (χ3n) is 3.38. The van der Waals surface area contributed by atoms with E-state index in [4.69, 9.17) is 0 Å². The molecule has 2 N–H and O–H groups in total. The first-order chi connectivity index (χ1) is 9.01. The molecule has 4 nitrogen and oxygen atoms in total. The Labute approximate surface area is 118 Å². The topological polar surface area (TPSA) is 52.6 Å². The molecule has 1 amide bonds. The molecule has 1 aliphatic rings. The standard InChI is InChI=1S/C14H20N2O2S/c1-16(2)12-5-3-11(4-6-12)15-13(17)14(18)7-9-19-10-8-14/h3-6,18H,7-10H2,1-2H3,(H,15,17). The van der Waals surface area contributed by atoms with Crippen molar-refractivity contribution in [1.29, 1.82) is 0 Å². The van der Waals surface area contributed by atoms with Crippen molar-refractivity contribution < 1.29 is 9.90 Å². The van der Waals surface area contributed by atoms with Gasteiger partial charge in [0.1, 0.15) is 5.60 Å².